The number of piperazine rings is 1. The molecule has 1 heterocycles. The molecule has 0 spiro atoms. The Hall–Kier alpha value is -2.36. The molecule has 2 aromatic carbocycles. The molecule has 0 N–H and O–H groups in total. The van der Waals surface area contributed by atoms with Gasteiger partial charge in [-0.1, -0.05) is 11.6 Å². The van der Waals surface area contributed by atoms with Crippen LogP contribution >= 0.6 is 11.6 Å². The van der Waals surface area contributed by atoms with E-state index in [0.717, 1.165) is 5.69 Å². The molecule has 0 amide bonds. The molecule has 2 aromatic rings. The highest BCUT2D eigenvalue weighted by molar-refractivity contribution is 7.89. The zero-order valence-corrected chi connectivity index (χ0v) is 16.1. The minimum absolute atomic E-state index is 0.0213. The van der Waals surface area contributed by atoms with Crippen LogP contribution in [0.25, 0.3) is 0 Å². The summed E-state index contributed by atoms with van der Waals surface area (Å²) in [5.74, 6) is 0.247. The van der Waals surface area contributed by atoms with Gasteiger partial charge in [0.25, 0.3) is 5.69 Å². The molecule has 1 aliphatic rings. The number of nitro benzene ring substituents is 1. The number of hydrogen-bond donors (Lipinski definition) is 0. The van der Waals surface area contributed by atoms with Gasteiger partial charge in [0.15, 0.2) is 0 Å². The number of hydrogen-bond acceptors (Lipinski definition) is 6. The van der Waals surface area contributed by atoms with Crippen LogP contribution in [0.2, 0.25) is 5.02 Å². The van der Waals surface area contributed by atoms with E-state index in [-0.39, 0.29) is 29.4 Å². The topological polar surface area (TPSA) is 93.0 Å². The molecule has 0 radical (unpaired) electrons. The fourth-order valence-corrected chi connectivity index (χ4v) is 4.80. The van der Waals surface area contributed by atoms with Crippen molar-refractivity contribution >= 4 is 33.0 Å². The average Bonchev–Trinajstić information content (AvgIpc) is 2.68. The first-order valence-corrected chi connectivity index (χ1v) is 9.98. The molecule has 10 heteroatoms. The standard InChI is InChI=1S/C17H18ClN3O5S/c1-26-16-7-2-13(18)12-17(16)27(24,25)20-10-8-19(9-11-20)14-3-5-15(6-4-14)21(22)23/h2-7,12H,8-11H2,1H3. The van der Waals surface area contributed by atoms with Gasteiger partial charge in [-0.3, -0.25) is 10.1 Å². The number of nitro groups is 1. The molecule has 0 unspecified atom stereocenters. The lowest BCUT2D eigenvalue weighted by Gasteiger charge is -2.35. The van der Waals surface area contributed by atoms with Gasteiger partial charge in [-0.15, -0.1) is 0 Å². The maximum atomic E-state index is 13.0. The molecular formula is C17H18ClN3O5S. The van der Waals surface area contributed by atoms with Crippen LogP contribution in [-0.4, -0.2) is 50.9 Å². The first kappa shape index (κ1) is 19.4. The number of halogens is 1. The summed E-state index contributed by atoms with van der Waals surface area (Å²) in [6.45, 7) is 1.52. The molecule has 1 aliphatic heterocycles. The first-order valence-electron chi connectivity index (χ1n) is 8.16. The summed E-state index contributed by atoms with van der Waals surface area (Å²) in [5.41, 5.74) is 0.839. The van der Waals surface area contributed by atoms with E-state index in [0.29, 0.717) is 18.1 Å². The zero-order chi connectivity index (χ0) is 19.6. The molecule has 27 heavy (non-hydrogen) atoms. The molecular weight excluding hydrogens is 394 g/mol. The van der Waals surface area contributed by atoms with Crippen LogP contribution in [0.1, 0.15) is 0 Å². The fraction of sp³-hybridized carbons (Fsp3) is 0.294. The van der Waals surface area contributed by atoms with Gasteiger partial charge in [-0.05, 0) is 30.3 Å². The summed E-state index contributed by atoms with van der Waals surface area (Å²) in [4.78, 5) is 12.3. The molecule has 0 atom stereocenters. The lowest BCUT2D eigenvalue weighted by Crippen LogP contribution is -2.48. The smallest absolute Gasteiger partial charge is 0.269 e. The summed E-state index contributed by atoms with van der Waals surface area (Å²) in [7, 11) is -2.33. The molecule has 0 aromatic heterocycles. The Labute approximate surface area is 162 Å². The van der Waals surface area contributed by atoms with E-state index in [1.807, 2.05) is 4.90 Å². The first-order chi connectivity index (χ1) is 12.8. The zero-order valence-electron chi connectivity index (χ0n) is 14.5. The average molecular weight is 412 g/mol. The third-order valence-electron chi connectivity index (χ3n) is 4.41. The molecule has 3 rings (SSSR count). The van der Waals surface area contributed by atoms with Crippen molar-refractivity contribution in [2.75, 3.05) is 38.2 Å². The van der Waals surface area contributed by atoms with Crippen molar-refractivity contribution in [3.63, 3.8) is 0 Å². The summed E-state index contributed by atoms with van der Waals surface area (Å²) >= 11 is 5.96. The van der Waals surface area contributed by atoms with Crippen molar-refractivity contribution in [2.45, 2.75) is 4.90 Å². The second-order valence-electron chi connectivity index (χ2n) is 5.96. The lowest BCUT2D eigenvalue weighted by atomic mass is 10.2. The molecule has 0 saturated carbocycles. The molecule has 8 nitrogen and oxygen atoms in total. The molecule has 1 fully saturated rings. The third kappa shape index (κ3) is 4.00. The van der Waals surface area contributed by atoms with Gasteiger partial charge in [0, 0.05) is 49.0 Å². The maximum absolute atomic E-state index is 13.0. The number of methoxy groups -OCH3 is 1. The van der Waals surface area contributed by atoms with Gasteiger partial charge in [-0.2, -0.15) is 4.31 Å². The van der Waals surface area contributed by atoms with Crippen molar-refractivity contribution in [3.8, 4) is 5.75 Å². The highest BCUT2D eigenvalue weighted by Crippen LogP contribution is 2.30. The Bertz CT molecular complexity index is 942. The summed E-state index contributed by atoms with van der Waals surface area (Å²) < 4.78 is 32.5. The number of anilines is 1. The normalized spacial score (nSPS) is 15.6. The highest BCUT2D eigenvalue weighted by atomic mass is 35.5. The number of rotatable bonds is 5. The van der Waals surface area contributed by atoms with E-state index < -0.39 is 14.9 Å². The fourth-order valence-electron chi connectivity index (χ4n) is 2.96. The largest absolute Gasteiger partial charge is 0.495 e. The van der Waals surface area contributed by atoms with Gasteiger partial charge in [-0.25, -0.2) is 8.42 Å². The van der Waals surface area contributed by atoms with Crippen LogP contribution in [-0.2, 0) is 10.0 Å². The predicted molar refractivity (Wildman–Crippen MR) is 102 cm³/mol. The van der Waals surface area contributed by atoms with Crippen molar-refractivity contribution < 1.29 is 18.1 Å². The second-order valence-corrected chi connectivity index (χ2v) is 8.30. The maximum Gasteiger partial charge on any atom is 0.269 e. The van der Waals surface area contributed by atoms with E-state index in [1.54, 1.807) is 18.2 Å². The second kappa shape index (κ2) is 7.71. The SMILES string of the molecule is COc1ccc(Cl)cc1S(=O)(=O)N1CCN(c2ccc([N+](=O)[O-])cc2)CC1. The van der Waals surface area contributed by atoms with Crippen molar-refractivity contribution in [3.05, 3.63) is 57.6 Å². The van der Waals surface area contributed by atoms with E-state index in [1.165, 1.54) is 35.7 Å². The van der Waals surface area contributed by atoms with Crippen LogP contribution in [0.4, 0.5) is 11.4 Å². The van der Waals surface area contributed by atoms with E-state index in [9.17, 15) is 18.5 Å². The van der Waals surface area contributed by atoms with Gasteiger partial charge >= 0.3 is 0 Å². The number of ether oxygens (including phenoxy) is 1. The summed E-state index contributed by atoms with van der Waals surface area (Å²) in [6, 6.07) is 10.7. The van der Waals surface area contributed by atoms with E-state index >= 15 is 0 Å². The van der Waals surface area contributed by atoms with Crippen LogP contribution in [0, 0.1) is 10.1 Å². The quantitative estimate of drug-likeness (QED) is 0.554. The van der Waals surface area contributed by atoms with Crippen molar-refractivity contribution in [1.29, 1.82) is 0 Å². The van der Waals surface area contributed by atoms with Gasteiger partial charge < -0.3 is 9.64 Å². The Morgan fingerprint density at radius 1 is 1.07 bits per heavy atom. The van der Waals surface area contributed by atoms with Crippen LogP contribution in [0.3, 0.4) is 0 Å². The van der Waals surface area contributed by atoms with E-state index in [4.69, 9.17) is 16.3 Å². The third-order valence-corrected chi connectivity index (χ3v) is 6.56. The Morgan fingerprint density at radius 3 is 2.26 bits per heavy atom. The minimum Gasteiger partial charge on any atom is -0.495 e. The molecule has 1 saturated heterocycles. The van der Waals surface area contributed by atoms with Crippen LogP contribution in [0.5, 0.6) is 5.75 Å². The van der Waals surface area contributed by atoms with Gasteiger partial charge in [0.1, 0.15) is 10.6 Å². The predicted octanol–water partition coefficient (Wildman–Crippen LogP) is 2.77. The van der Waals surface area contributed by atoms with Crippen LogP contribution < -0.4 is 9.64 Å². The number of benzene rings is 2. The highest BCUT2D eigenvalue weighted by Gasteiger charge is 2.31. The monoisotopic (exact) mass is 411 g/mol. The molecule has 144 valence electrons. The Morgan fingerprint density at radius 2 is 1.70 bits per heavy atom. The Balaban J connectivity index is 1.75. The summed E-state index contributed by atoms with van der Waals surface area (Å²) in [5, 5.41) is 11.1. The van der Waals surface area contributed by atoms with Gasteiger partial charge in [0.2, 0.25) is 10.0 Å². The van der Waals surface area contributed by atoms with Crippen molar-refractivity contribution in [1.82, 2.24) is 4.31 Å². The molecule has 0 bridgehead atoms. The number of nitrogens with zero attached hydrogens (tertiary/aromatic N) is 3. The summed E-state index contributed by atoms with van der Waals surface area (Å²) in [6.07, 6.45) is 0. The number of non-ortho nitro benzene ring substituents is 1. The van der Waals surface area contributed by atoms with Crippen molar-refractivity contribution in [2.24, 2.45) is 0 Å². The Kier molecular flexibility index (Phi) is 5.54. The minimum atomic E-state index is -3.74. The van der Waals surface area contributed by atoms with Crippen LogP contribution in [0.15, 0.2) is 47.4 Å². The van der Waals surface area contributed by atoms with Gasteiger partial charge in [0.05, 0.1) is 12.0 Å². The molecule has 0 aliphatic carbocycles. The number of sulfonamides is 1. The lowest BCUT2D eigenvalue weighted by molar-refractivity contribution is -0.384. The van der Waals surface area contributed by atoms with E-state index in [2.05, 4.69) is 0 Å².